The van der Waals surface area contributed by atoms with Gasteiger partial charge in [-0.15, -0.1) is 0 Å². The van der Waals surface area contributed by atoms with E-state index in [9.17, 15) is 34.2 Å². The average Bonchev–Trinajstić information content (AvgIpc) is 2.89. The summed E-state index contributed by atoms with van der Waals surface area (Å²) in [6.07, 6.45) is 3.54. The van der Waals surface area contributed by atoms with Crippen LogP contribution in [-0.4, -0.2) is 51.2 Å². The van der Waals surface area contributed by atoms with Gasteiger partial charge in [0.25, 0.3) is 0 Å². The average molecular weight is 534 g/mol. The Morgan fingerprint density at radius 3 is 2.46 bits per heavy atom. The third kappa shape index (κ3) is 4.73. The summed E-state index contributed by atoms with van der Waals surface area (Å²) in [7, 11) is -5.43. The van der Waals surface area contributed by atoms with Crippen molar-refractivity contribution in [1.82, 2.24) is 0 Å². The molecule has 0 amide bonds. The number of ketones is 2. The van der Waals surface area contributed by atoms with E-state index < -0.39 is 66.2 Å². The van der Waals surface area contributed by atoms with Crippen LogP contribution in [0.5, 0.6) is 0 Å². The number of fused-ring (bicyclic) bond motifs is 5. The Labute approximate surface area is 248 Å². The van der Waals surface area contributed by atoms with Crippen LogP contribution < -0.4 is 68.9 Å². The number of carbonyl (C=O) groups excluding carboxylic acids is 2. The number of rotatable bonds is 4. The molecule has 13 heteroatoms. The first-order chi connectivity index (χ1) is 14.6. The maximum atomic E-state index is 17.0. The molecule has 0 spiro atoms. The molecule has 0 aromatic carbocycles. The smallest absolute Gasteiger partial charge is 0.790 e. The number of Topliss-reactive ketones (excluding diaryl/α,β-unsaturated/α-hetero) is 1. The Kier molecular flexibility index (Phi) is 10.3. The molecule has 4 aliphatic rings. The van der Waals surface area contributed by atoms with Crippen molar-refractivity contribution in [2.45, 2.75) is 63.8 Å². The minimum atomic E-state index is -5.43. The fraction of sp³-hybridized carbons (Fsp3) is 0.727. The predicted molar refractivity (Wildman–Crippen MR) is 110 cm³/mol. The van der Waals surface area contributed by atoms with Crippen LogP contribution >= 0.6 is 7.82 Å². The van der Waals surface area contributed by atoms with Crippen molar-refractivity contribution in [3.63, 3.8) is 0 Å². The summed E-state index contributed by atoms with van der Waals surface area (Å²) in [5, 5.41) is 22.8. The fourth-order valence-corrected chi connectivity index (χ4v) is 7.66. The van der Waals surface area contributed by atoms with E-state index in [-0.39, 0.29) is 83.2 Å². The van der Waals surface area contributed by atoms with Gasteiger partial charge in [-0.3, -0.25) is 9.59 Å². The van der Waals surface area contributed by atoms with Gasteiger partial charge in [0.1, 0.15) is 12.2 Å². The van der Waals surface area contributed by atoms with Gasteiger partial charge in [0.05, 0.1) is 13.9 Å². The van der Waals surface area contributed by atoms with Crippen molar-refractivity contribution in [2.24, 2.45) is 28.6 Å². The summed E-state index contributed by atoms with van der Waals surface area (Å²) < 4.78 is 32.0. The Morgan fingerprint density at radius 2 is 1.89 bits per heavy atom. The SMILES string of the molecule is C[C@@H]1C[C@H]2[C@@H]3CCC4=CC(=O)C=C[C@]4(C)[C@@]3(F)[C@@H](O)C[C@]2(C)[C@@]1(O)C(=O)COP(=O)([O-])[O-].O.[Na+].[Na+]. The summed E-state index contributed by atoms with van der Waals surface area (Å²) in [4.78, 5) is 46.6. The second-order valence-corrected chi connectivity index (χ2v) is 11.5. The van der Waals surface area contributed by atoms with Crippen LogP contribution in [0.2, 0.25) is 0 Å². The third-order valence-electron chi connectivity index (χ3n) is 9.00. The molecule has 3 saturated carbocycles. The Hall–Kier alpha value is 0.740. The summed E-state index contributed by atoms with van der Waals surface area (Å²) in [5.74, 6) is -3.06. The molecule has 0 bridgehead atoms. The quantitative estimate of drug-likeness (QED) is 0.264. The van der Waals surface area contributed by atoms with Crippen LogP contribution in [0.1, 0.15) is 46.5 Å². The van der Waals surface area contributed by atoms with Gasteiger partial charge in [0.15, 0.2) is 17.2 Å². The first-order valence-electron chi connectivity index (χ1n) is 10.8. The maximum Gasteiger partial charge on any atom is 1.00 e. The molecule has 0 radical (unpaired) electrons. The molecule has 35 heavy (non-hydrogen) atoms. The van der Waals surface area contributed by atoms with Gasteiger partial charge in [-0.25, -0.2) is 4.39 Å². The van der Waals surface area contributed by atoms with Crippen LogP contribution in [0.25, 0.3) is 0 Å². The van der Waals surface area contributed by atoms with Crippen LogP contribution in [0, 0.1) is 28.6 Å². The van der Waals surface area contributed by atoms with Gasteiger partial charge in [-0.1, -0.05) is 25.5 Å². The number of carbonyl (C=O) groups is 2. The number of hydrogen-bond acceptors (Lipinski definition) is 8. The monoisotopic (exact) mass is 534 g/mol. The number of aliphatic hydroxyl groups excluding tert-OH is 1. The molecule has 9 nitrogen and oxygen atoms in total. The van der Waals surface area contributed by atoms with Crippen LogP contribution in [-0.2, 0) is 18.7 Å². The fourth-order valence-electron chi connectivity index (χ4n) is 7.39. The van der Waals surface area contributed by atoms with Gasteiger partial charge in [-0.05, 0) is 56.6 Å². The summed E-state index contributed by atoms with van der Waals surface area (Å²) in [5.41, 5.74) is -6.03. The van der Waals surface area contributed by atoms with E-state index in [4.69, 9.17) is 0 Å². The molecule has 3 fully saturated rings. The number of phosphoric acid groups is 1. The molecule has 0 saturated heterocycles. The van der Waals surface area contributed by atoms with Crippen LogP contribution in [0.4, 0.5) is 4.39 Å². The molecule has 0 aromatic rings. The number of alkyl halides is 1. The number of allylic oxidation sites excluding steroid dienone is 4. The molecule has 4 aliphatic carbocycles. The van der Waals surface area contributed by atoms with E-state index in [1.807, 2.05) is 0 Å². The van der Waals surface area contributed by atoms with E-state index in [0.29, 0.717) is 18.4 Å². The molecule has 0 aromatic heterocycles. The first-order valence-corrected chi connectivity index (χ1v) is 12.3. The number of phosphoric ester groups is 1. The number of aliphatic hydroxyl groups is 2. The van der Waals surface area contributed by atoms with Crippen LogP contribution in [0.3, 0.4) is 0 Å². The molecule has 4 N–H and O–H groups in total. The normalized spacial score (nSPS) is 43.9. The largest absolute Gasteiger partial charge is 1.00 e. The second-order valence-electron chi connectivity index (χ2n) is 10.3. The third-order valence-corrected chi connectivity index (χ3v) is 9.45. The van der Waals surface area contributed by atoms with Gasteiger partial charge < -0.3 is 34.6 Å². The van der Waals surface area contributed by atoms with Crippen molar-refractivity contribution in [3.05, 3.63) is 23.8 Å². The van der Waals surface area contributed by atoms with Gasteiger partial charge in [0, 0.05) is 16.7 Å². The van der Waals surface area contributed by atoms with Crippen molar-refractivity contribution < 1.29 is 108 Å². The van der Waals surface area contributed by atoms with E-state index in [1.54, 1.807) is 20.8 Å². The predicted octanol–water partition coefficient (Wildman–Crippen LogP) is -6.07. The van der Waals surface area contributed by atoms with Gasteiger partial charge in [0.2, 0.25) is 0 Å². The second kappa shape index (κ2) is 10.7. The maximum absolute atomic E-state index is 17.0. The van der Waals surface area contributed by atoms with Crippen LogP contribution in [0.15, 0.2) is 23.8 Å². The summed E-state index contributed by atoms with van der Waals surface area (Å²) >= 11 is 0. The van der Waals surface area contributed by atoms with Crippen molar-refractivity contribution in [1.29, 1.82) is 0 Å². The summed E-state index contributed by atoms with van der Waals surface area (Å²) in [6, 6.07) is 0. The Balaban J connectivity index is 0.00000204. The zero-order valence-corrected chi connectivity index (χ0v) is 25.6. The minimum Gasteiger partial charge on any atom is -0.790 e. The van der Waals surface area contributed by atoms with E-state index in [2.05, 4.69) is 4.52 Å². The molecule has 0 aliphatic heterocycles. The number of halogens is 1. The van der Waals surface area contributed by atoms with Crippen molar-refractivity contribution >= 4 is 19.4 Å². The van der Waals surface area contributed by atoms with Gasteiger partial charge in [-0.2, -0.15) is 0 Å². The minimum absolute atomic E-state index is 0. The first kappa shape index (κ1) is 33.8. The molecular formula is C22H30FNa2O9P. The Morgan fingerprint density at radius 1 is 1.29 bits per heavy atom. The summed E-state index contributed by atoms with van der Waals surface area (Å²) in [6.45, 7) is 3.80. The van der Waals surface area contributed by atoms with E-state index in [0.717, 1.165) is 0 Å². The van der Waals surface area contributed by atoms with E-state index in [1.165, 1.54) is 18.2 Å². The Bertz CT molecular complexity index is 986. The van der Waals surface area contributed by atoms with E-state index >= 15 is 4.39 Å². The topological polar surface area (TPSA) is 179 Å². The van der Waals surface area contributed by atoms with Crippen molar-refractivity contribution in [2.75, 3.05) is 6.61 Å². The zero-order valence-electron chi connectivity index (χ0n) is 20.7. The van der Waals surface area contributed by atoms with Gasteiger partial charge >= 0.3 is 59.1 Å². The molecule has 4 rings (SSSR count). The van der Waals surface area contributed by atoms with Crippen molar-refractivity contribution in [3.8, 4) is 0 Å². The standard InChI is InChI=1S/C22H30FO8P.2Na.H2O/c1-12-8-16-15-5-4-13-9-14(24)6-7-19(13,2)21(15,23)17(25)10-20(16,3)22(12,27)18(26)11-31-32(28,29)30;;;/h6-7,9,12,15-17,25,27H,4-5,8,10-11H2,1-3H3,(H2,28,29,30);;;1H2/q;2*+1;/p-2/t12-,15+,16+,17+,19+,20+,21+,22+;;;/m1.../s1. The molecule has 0 heterocycles. The number of hydrogen-bond donors (Lipinski definition) is 2. The zero-order chi connectivity index (χ0) is 23.9. The molecular weight excluding hydrogens is 504 g/mol. The molecule has 186 valence electrons. The molecule has 8 atom stereocenters. The molecule has 0 unspecified atom stereocenters.